The van der Waals surface area contributed by atoms with E-state index in [4.69, 9.17) is 16.6 Å². The van der Waals surface area contributed by atoms with Gasteiger partial charge in [0.2, 0.25) is 0 Å². The number of aromatic nitrogens is 3. The number of halogens is 4. The molecule has 1 aromatic carbocycles. The van der Waals surface area contributed by atoms with Crippen LogP contribution in [0.1, 0.15) is 48.1 Å². The number of benzene rings is 1. The van der Waals surface area contributed by atoms with Crippen molar-refractivity contribution in [2.75, 3.05) is 19.6 Å². The SMILES string of the molecule is O=S(=O)(N[C@H]1CC2=C(c3ccn(C(F)F)n3)[C@H](c3ccc(F)cc3Cl)N=C(c3nccs3)N2C1)N1CCCC1. The number of hydrogen-bond acceptors (Lipinski definition) is 7. The van der Waals surface area contributed by atoms with Gasteiger partial charge in [-0.05, 0) is 31.0 Å². The van der Waals surface area contributed by atoms with Crippen molar-refractivity contribution < 1.29 is 21.6 Å². The second kappa shape index (κ2) is 10.3. The van der Waals surface area contributed by atoms with Crippen LogP contribution in [0.5, 0.6) is 0 Å². The van der Waals surface area contributed by atoms with E-state index in [0.29, 0.717) is 45.4 Å². The van der Waals surface area contributed by atoms with E-state index < -0.39 is 34.7 Å². The van der Waals surface area contributed by atoms with Gasteiger partial charge in [0.25, 0.3) is 10.2 Å². The number of alkyl halides is 2. The molecule has 1 N–H and O–H groups in total. The lowest BCUT2D eigenvalue weighted by atomic mass is 9.92. The Kier molecular flexibility index (Phi) is 7.00. The number of amidine groups is 1. The maximum absolute atomic E-state index is 14.0. The lowest BCUT2D eigenvalue weighted by Gasteiger charge is -2.32. The van der Waals surface area contributed by atoms with Crippen LogP contribution in [-0.4, -0.2) is 63.9 Å². The predicted octanol–water partition coefficient (Wildman–Crippen LogP) is 4.44. The third-order valence-electron chi connectivity index (χ3n) is 6.95. The van der Waals surface area contributed by atoms with E-state index in [1.54, 1.807) is 11.6 Å². The highest BCUT2D eigenvalue weighted by molar-refractivity contribution is 7.87. The minimum absolute atomic E-state index is 0.117. The highest BCUT2D eigenvalue weighted by Crippen LogP contribution is 2.46. The van der Waals surface area contributed by atoms with Gasteiger partial charge < -0.3 is 4.90 Å². The summed E-state index contributed by atoms with van der Waals surface area (Å²) in [4.78, 5) is 11.2. The Bertz CT molecular complexity index is 1550. The van der Waals surface area contributed by atoms with Crippen molar-refractivity contribution in [3.63, 3.8) is 0 Å². The largest absolute Gasteiger partial charge is 0.333 e. The average molecular weight is 598 g/mol. The van der Waals surface area contributed by atoms with Crippen molar-refractivity contribution in [2.45, 2.75) is 37.9 Å². The van der Waals surface area contributed by atoms with Gasteiger partial charge in [-0.1, -0.05) is 17.7 Å². The number of aliphatic imine (C=N–C) groups is 1. The molecule has 15 heteroatoms. The fourth-order valence-corrected chi connectivity index (χ4v) is 7.62. The number of nitrogens with zero attached hydrogens (tertiary/aromatic N) is 6. The quantitative estimate of drug-likeness (QED) is 0.434. The maximum Gasteiger partial charge on any atom is 0.333 e. The fourth-order valence-electron chi connectivity index (χ4n) is 5.25. The number of rotatable bonds is 7. The number of nitrogens with one attached hydrogen (secondary N) is 1. The molecule has 0 saturated carbocycles. The van der Waals surface area contributed by atoms with E-state index >= 15 is 0 Å². The molecule has 3 aromatic rings. The number of hydrogen-bond donors (Lipinski definition) is 1. The molecule has 9 nitrogen and oxygen atoms in total. The zero-order valence-corrected chi connectivity index (χ0v) is 22.7. The second-order valence-electron chi connectivity index (χ2n) is 9.42. The smallest absolute Gasteiger partial charge is 0.326 e. The van der Waals surface area contributed by atoms with Crippen LogP contribution >= 0.6 is 22.9 Å². The van der Waals surface area contributed by atoms with Crippen LogP contribution in [0, 0.1) is 5.82 Å². The summed E-state index contributed by atoms with van der Waals surface area (Å²) in [6, 6.07) is 4.05. The second-order valence-corrected chi connectivity index (χ2v) is 12.4. The van der Waals surface area contributed by atoms with Gasteiger partial charge in [0.15, 0.2) is 10.8 Å². The summed E-state index contributed by atoms with van der Waals surface area (Å²) < 4.78 is 71.9. The van der Waals surface area contributed by atoms with Crippen molar-refractivity contribution in [2.24, 2.45) is 4.99 Å². The molecule has 2 saturated heterocycles. The predicted molar refractivity (Wildman–Crippen MR) is 141 cm³/mol. The van der Waals surface area contributed by atoms with Crippen LogP contribution in [0.15, 0.2) is 52.7 Å². The highest BCUT2D eigenvalue weighted by atomic mass is 35.5. The van der Waals surface area contributed by atoms with Gasteiger partial charge in [0.1, 0.15) is 11.9 Å². The van der Waals surface area contributed by atoms with Crippen molar-refractivity contribution in [1.82, 2.24) is 28.7 Å². The van der Waals surface area contributed by atoms with Crippen LogP contribution < -0.4 is 4.72 Å². The molecule has 3 aliphatic rings. The van der Waals surface area contributed by atoms with Gasteiger partial charge in [-0.3, -0.25) is 4.99 Å². The van der Waals surface area contributed by atoms with E-state index in [-0.39, 0.29) is 23.7 Å². The van der Waals surface area contributed by atoms with E-state index in [1.807, 2.05) is 4.90 Å². The summed E-state index contributed by atoms with van der Waals surface area (Å²) in [5.41, 5.74) is 1.85. The molecule has 6 rings (SSSR count). The summed E-state index contributed by atoms with van der Waals surface area (Å²) in [6.45, 7) is -1.68. The molecule has 206 valence electrons. The lowest BCUT2D eigenvalue weighted by molar-refractivity contribution is 0.0564. The molecule has 0 bridgehead atoms. The van der Waals surface area contributed by atoms with E-state index in [1.165, 1.54) is 46.1 Å². The Morgan fingerprint density at radius 3 is 2.64 bits per heavy atom. The van der Waals surface area contributed by atoms with E-state index in [2.05, 4.69) is 14.8 Å². The summed E-state index contributed by atoms with van der Waals surface area (Å²) in [5.74, 6) is -0.0379. The number of thiazole rings is 1. The Hall–Kier alpha value is -2.78. The first-order chi connectivity index (χ1) is 18.7. The first kappa shape index (κ1) is 26.4. The highest BCUT2D eigenvalue weighted by Gasteiger charge is 2.42. The molecule has 2 fully saturated rings. The lowest BCUT2D eigenvalue weighted by Crippen LogP contribution is -2.45. The minimum Gasteiger partial charge on any atom is -0.326 e. The van der Waals surface area contributed by atoms with Crippen LogP contribution in [0.2, 0.25) is 5.02 Å². The van der Waals surface area contributed by atoms with Crippen molar-refractivity contribution in [3.8, 4) is 0 Å². The monoisotopic (exact) mass is 597 g/mol. The topological polar surface area (TPSA) is 95.7 Å². The van der Waals surface area contributed by atoms with Crippen molar-refractivity contribution in [1.29, 1.82) is 0 Å². The molecule has 2 aromatic heterocycles. The Morgan fingerprint density at radius 2 is 1.97 bits per heavy atom. The van der Waals surface area contributed by atoms with Crippen LogP contribution in [-0.2, 0) is 10.2 Å². The molecule has 0 spiro atoms. The van der Waals surface area contributed by atoms with Crippen LogP contribution in [0.4, 0.5) is 13.2 Å². The third kappa shape index (κ3) is 4.99. The fraction of sp³-hybridized carbons (Fsp3) is 0.375. The van der Waals surface area contributed by atoms with E-state index in [9.17, 15) is 21.6 Å². The van der Waals surface area contributed by atoms with Gasteiger partial charge in [-0.2, -0.15) is 31.3 Å². The molecule has 3 aliphatic heterocycles. The summed E-state index contributed by atoms with van der Waals surface area (Å²) in [5, 5.41) is 6.61. The first-order valence-corrected chi connectivity index (χ1v) is 15.0. The zero-order chi connectivity index (χ0) is 27.3. The molecular formula is C24H23ClF3N7O2S2. The Labute approximate surface area is 231 Å². The standard InChI is InChI=1S/C24H23ClF3N7O2S2/c25-17-11-14(26)3-4-16(17)21-20(18-5-9-35(31-18)24(27)28)19-12-15(32-39(36,37)33-7-1-2-8-33)13-34(19)22(30-21)23-29-6-10-38-23/h3-6,9-11,15,21,24,32H,1-2,7-8,12-13H2/t15-,21-/m0/s1. The third-order valence-corrected chi connectivity index (χ3v) is 9.72. The van der Waals surface area contributed by atoms with Crippen LogP contribution in [0.25, 0.3) is 5.57 Å². The van der Waals surface area contributed by atoms with Gasteiger partial charge in [0.05, 0.1) is 5.69 Å². The first-order valence-electron chi connectivity index (χ1n) is 12.3. The molecule has 5 heterocycles. The van der Waals surface area contributed by atoms with Gasteiger partial charge in [0, 0.05) is 71.7 Å². The van der Waals surface area contributed by atoms with Crippen molar-refractivity contribution >= 4 is 44.6 Å². The summed E-state index contributed by atoms with van der Waals surface area (Å²) in [6.07, 6.45) is 4.67. The molecule has 0 aliphatic carbocycles. The summed E-state index contributed by atoms with van der Waals surface area (Å²) >= 11 is 7.83. The molecule has 0 unspecified atom stereocenters. The zero-order valence-electron chi connectivity index (χ0n) is 20.3. The number of fused-ring (bicyclic) bond motifs is 1. The van der Waals surface area contributed by atoms with Gasteiger partial charge in [-0.25, -0.2) is 14.1 Å². The molecule has 39 heavy (non-hydrogen) atoms. The molecule has 0 radical (unpaired) electrons. The van der Waals surface area contributed by atoms with Gasteiger partial charge >= 0.3 is 6.55 Å². The Morgan fingerprint density at radius 1 is 1.18 bits per heavy atom. The molecule has 2 atom stereocenters. The summed E-state index contributed by atoms with van der Waals surface area (Å²) in [7, 11) is -3.72. The normalized spacial score (nSPS) is 22.2. The van der Waals surface area contributed by atoms with Crippen molar-refractivity contribution in [3.05, 3.63) is 74.8 Å². The maximum atomic E-state index is 14.0. The van der Waals surface area contributed by atoms with Crippen LogP contribution in [0.3, 0.4) is 0 Å². The Balaban J connectivity index is 1.48. The van der Waals surface area contributed by atoms with E-state index in [0.717, 1.165) is 12.8 Å². The average Bonchev–Trinajstić information content (AvgIpc) is 3.70. The minimum atomic E-state index is -3.72. The molecular weight excluding hydrogens is 575 g/mol. The van der Waals surface area contributed by atoms with Gasteiger partial charge in [-0.15, -0.1) is 11.3 Å². The molecule has 0 amide bonds.